The van der Waals surface area contributed by atoms with E-state index in [-0.39, 0.29) is 0 Å². The van der Waals surface area contributed by atoms with Gasteiger partial charge in [-0.2, -0.15) is 4.89 Å². The highest BCUT2D eigenvalue weighted by Gasteiger charge is 2.26. The standard InChI is InChI=1S/C15H19O4/c1-11-7-3-5-9-13(11)18-19-15(16)12-8-4-6-10-14(12)17-2/h4,6,8,10-11H,3,5,7,9H2,1-2H3. The van der Waals surface area contributed by atoms with Gasteiger partial charge >= 0.3 is 5.97 Å². The Labute approximate surface area is 113 Å². The third kappa shape index (κ3) is 3.47. The molecule has 1 aromatic carbocycles. The minimum Gasteiger partial charge on any atom is -0.496 e. The Morgan fingerprint density at radius 2 is 2.05 bits per heavy atom. The molecule has 0 N–H and O–H groups in total. The van der Waals surface area contributed by atoms with E-state index in [0.29, 0.717) is 17.2 Å². The number of rotatable bonds is 4. The van der Waals surface area contributed by atoms with Crippen molar-refractivity contribution >= 4 is 5.97 Å². The molecule has 2 rings (SSSR count). The normalized spacial score (nSPS) is 20.0. The monoisotopic (exact) mass is 263 g/mol. The maximum atomic E-state index is 11.9. The van der Waals surface area contributed by atoms with E-state index in [4.69, 9.17) is 14.5 Å². The first-order valence-corrected chi connectivity index (χ1v) is 6.60. The molecule has 1 aromatic rings. The Hall–Kier alpha value is -1.55. The van der Waals surface area contributed by atoms with E-state index in [9.17, 15) is 4.79 Å². The Morgan fingerprint density at radius 1 is 1.26 bits per heavy atom. The van der Waals surface area contributed by atoms with Gasteiger partial charge in [-0.25, -0.2) is 4.79 Å². The van der Waals surface area contributed by atoms with Crippen molar-refractivity contribution in [2.45, 2.75) is 32.6 Å². The molecule has 0 heterocycles. The fraction of sp³-hybridized carbons (Fsp3) is 0.467. The lowest BCUT2D eigenvalue weighted by molar-refractivity contribution is -0.246. The van der Waals surface area contributed by atoms with E-state index in [0.717, 1.165) is 25.4 Å². The summed E-state index contributed by atoms with van der Waals surface area (Å²) in [6.07, 6.45) is 5.09. The van der Waals surface area contributed by atoms with Gasteiger partial charge in [-0.15, -0.1) is 0 Å². The van der Waals surface area contributed by atoms with Gasteiger partial charge in [0.05, 0.1) is 7.11 Å². The minimum absolute atomic E-state index is 0.346. The van der Waals surface area contributed by atoms with Crippen LogP contribution in [0.4, 0.5) is 0 Å². The van der Waals surface area contributed by atoms with Crippen LogP contribution in [0, 0.1) is 12.0 Å². The van der Waals surface area contributed by atoms with Gasteiger partial charge in [-0.1, -0.05) is 31.9 Å². The number of methoxy groups -OCH3 is 1. The van der Waals surface area contributed by atoms with Crippen molar-refractivity contribution < 1.29 is 19.3 Å². The largest absolute Gasteiger partial charge is 0.496 e. The molecule has 19 heavy (non-hydrogen) atoms. The zero-order chi connectivity index (χ0) is 13.7. The molecule has 1 aliphatic rings. The van der Waals surface area contributed by atoms with Crippen molar-refractivity contribution in [1.29, 1.82) is 0 Å². The van der Waals surface area contributed by atoms with Crippen molar-refractivity contribution in [3.05, 3.63) is 35.9 Å². The second-order valence-electron chi connectivity index (χ2n) is 4.77. The molecule has 103 valence electrons. The summed E-state index contributed by atoms with van der Waals surface area (Å²) in [5.74, 6) is 0.305. The van der Waals surface area contributed by atoms with Crippen molar-refractivity contribution in [2.24, 2.45) is 5.92 Å². The van der Waals surface area contributed by atoms with Crippen molar-refractivity contribution in [2.75, 3.05) is 7.11 Å². The van der Waals surface area contributed by atoms with Crippen molar-refractivity contribution in [1.82, 2.24) is 0 Å². The highest BCUT2D eigenvalue weighted by molar-refractivity contribution is 5.92. The summed E-state index contributed by atoms with van der Waals surface area (Å²) in [5.41, 5.74) is 0.370. The first-order valence-electron chi connectivity index (χ1n) is 6.60. The molecule has 0 aromatic heterocycles. The van der Waals surface area contributed by atoms with Crippen LogP contribution in [0.5, 0.6) is 5.75 Å². The molecule has 1 fully saturated rings. The lowest BCUT2D eigenvalue weighted by Crippen LogP contribution is -2.20. The molecule has 1 unspecified atom stereocenters. The number of carbonyl (C=O) groups excluding carboxylic acids is 1. The zero-order valence-electron chi connectivity index (χ0n) is 11.3. The minimum atomic E-state index is -0.525. The molecule has 1 aliphatic carbocycles. The molecule has 0 amide bonds. The van der Waals surface area contributed by atoms with E-state index in [2.05, 4.69) is 6.92 Å². The zero-order valence-corrected chi connectivity index (χ0v) is 11.3. The SMILES string of the molecule is COc1ccccc1C(=O)OO[C]1CCCCC1C. The van der Waals surface area contributed by atoms with Crippen LogP contribution in [0.25, 0.3) is 0 Å². The van der Waals surface area contributed by atoms with Gasteiger partial charge < -0.3 is 4.74 Å². The first kappa shape index (κ1) is 13.9. The summed E-state index contributed by atoms with van der Waals surface area (Å²) in [6.45, 7) is 2.09. The summed E-state index contributed by atoms with van der Waals surface area (Å²) in [7, 11) is 1.52. The average molecular weight is 263 g/mol. The lowest BCUT2D eigenvalue weighted by atomic mass is 9.88. The van der Waals surface area contributed by atoms with Gasteiger partial charge in [0.1, 0.15) is 11.3 Å². The Balaban J connectivity index is 1.93. The van der Waals surface area contributed by atoms with E-state index in [1.165, 1.54) is 13.5 Å². The average Bonchev–Trinajstić information content (AvgIpc) is 2.46. The summed E-state index contributed by atoms with van der Waals surface area (Å²) in [6, 6.07) is 6.93. The van der Waals surface area contributed by atoms with Gasteiger partial charge in [0.25, 0.3) is 0 Å². The molecule has 0 saturated heterocycles. The van der Waals surface area contributed by atoms with Crippen LogP contribution in [0.15, 0.2) is 24.3 Å². The number of para-hydroxylation sites is 1. The predicted octanol–water partition coefficient (Wildman–Crippen LogP) is 3.53. The highest BCUT2D eigenvalue weighted by Crippen LogP contribution is 2.32. The number of hydrogen-bond donors (Lipinski definition) is 0. The van der Waals surface area contributed by atoms with Crippen LogP contribution in [-0.2, 0) is 9.78 Å². The Morgan fingerprint density at radius 3 is 2.79 bits per heavy atom. The maximum absolute atomic E-state index is 11.9. The molecule has 4 heteroatoms. The third-order valence-electron chi connectivity index (χ3n) is 3.41. The molecular weight excluding hydrogens is 244 g/mol. The summed E-state index contributed by atoms with van der Waals surface area (Å²) in [5, 5.41) is 0. The predicted molar refractivity (Wildman–Crippen MR) is 70.4 cm³/mol. The molecule has 1 saturated carbocycles. The van der Waals surface area contributed by atoms with Crippen LogP contribution in [-0.4, -0.2) is 13.1 Å². The van der Waals surface area contributed by atoms with Crippen LogP contribution in [0.1, 0.15) is 43.0 Å². The van der Waals surface area contributed by atoms with E-state index >= 15 is 0 Å². The van der Waals surface area contributed by atoms with Gasteiger partial charge in [0.15, 0.2) is 6.10 Å². The van der Waals surface area contributed by atoms with Gasteiger partial charge in [0, 0.05) is 0 Å². The lowest BCUT2D eigenvalue weighted by Gasteiger charge is -2.25. The topological polar surface area (TPSA) is 44.8 Å². The highest BCUT2D eigenvalue weighted by atomic mass is 17.2. The second-order valence-corrected chi connectivity index (χ2v) is 4.77. The van der Waals surface area contributed by atoms with Crippen LogP contribution >= 0.6 is 0 Å². The third-order valence-corrected chi connectivity index (χ3v) is 3.41. The number of hydrogen-bond acceptors (Lipinski definition) is 4. The molecule has 1 radical (unpaired) electrons. The van der Waals surface area contributed by atoms with E-state index < -0.39 is 5.97 Å². The fourth-order valence-electron chi connectivity index (χ4n) is 2.23. The quantitative estimate of drug-likeness (QED) is 0.616. The second kappa shape index (κ2) is 6.57. The van der Waals surface area contributed by atoms with Crippen LogP contribution in [0.2, 0.25) is 0 Å². The van der Waals surface area contributed by atoms with Crippen LogP contribution in [0.3, 0.4) is 0 Å². The smallest absolute Gasteiger partial charge is 0.376 e. The molecule has 0 bridgehead atoms. The number of benzene rings is 1. The summed E-state index contributed by atoms with van der Waals surface area (Å²) >= 11 is 0. The molecule has 4 nitrogen and oxygen atoms in total. The van der Waals surface area contributed by atoms with E-state index in [1.54, 1.807) is 24.3 Å². The summed E-state index contributed by atoms with van der Waals surface area (Å²) in [4.78, 5) is 22.1. The fourth-order valence-corrected chi connectivity index (χ4v) is 2.23. The molecule has 0 aliphatic heterocycles. The molecule has 0 spiro atoms. The van der Waals surface area contributed by atoms with Gasteiger partial charge in [0.2, 0.25) is 0 Å². The van der Waals surface area contributed by atoms with E-state index in [1.807, 2.05) is 0 Å². The Kier molecular flexibility index (Phi) is 4.80. The maximum Gasteiger partial charge on any atom is 0.376 e. The molecular formula is C15H19O4. The van der Waals surface area contributed by atoms with Gasteiger partial charge in [-0.05, 0) is 30.9 Å². The Bertz CT molecular complexity index is 430. The summed E-state index contributed by atoms with van der Waals surface area (Å²) < 4.78 is 5.12. The molecule has 1 atom stereocenters. The number of ether oxygens (including phenoxy) is 1. The number of carbonyl (C=O) groups is 1. The van der Waals surface area contributed by atoms with Gasteiger partial charge in [-0.3, -0.25) is 4.89 Å². The van der Waals surface area contributed by atoms with Crippen molar-refractivity contribution in [3.8, 4) is 5.75 Å². The first-order chi connectivity index (χ1) is 9.22. The van der Waals surface area contributed by atoms with Crippen LogP contribution < -0.4 is 4.74 Å². The van der Waals surface area contributed by atoms with Crippen molar-refractivity contribution in [3.63, 3.8) is 0 Å².